The van der Waals surface area contributed by atoms with Crippen LogP contribution < -0.4 is 56.4 Å². The number of ketones is 1. The molecule has 16 aromatic rings. The molecule has 8 aromatic heterocycles. The molecule has 0 saturated carbocycles. The quantitative estimate of drug-likeness (QED) is 0.0361. The van der Waals surface area contributed by atoms with Crippen LogP contribution in [0.15, 0.2) is 279 Å². The van der Waals surface area contributed by atoms with Crippen LogP contribution in [0.2, 0.25) is 0 Å². The van der Waals surface area contributed by atoms with Crippen molar-refractivity contribution >= 4 is 22.8 Å². The van der Waals surface area contributed by atoms with Gasteiger partial charge in [-0.05, 0) is 192 Å². The lowest BCUT2D eigenvalue weighted by molar-refractivity contribution is -0.135. The average Bonchev–Trinajstić information content (AvgIpc) is 1.51. The average molecular weight is 1920 g/mol. The summed E-state index contributed by atoms with van der Waals surface area (Å²) < 4.78 is 59.0. The first-order valence-corrected chi connectivity index (χ1v) is 46.2. The number of furan rings is 1. The fourth-order valence-electron chi connectivity index (χ4n) is 22.5. The zero-order chi connectivity index (χ0) is 98.0. The number of nitrogen functional groups attached to an aromatic ring is 1. The molecule has 24 rings (SSSR count). The van der Waals surface area contributed by atoms with Crippen molar-refractivity contribution in [3.63, 3.8) is 0 Å². The Bertz CT molecular complexity index is 8100. The number of anilines is 1. The lowest BCUT2D eigenvalue weighted by atomic mass is 9.71. The number of hydrogen-bond donors (Lipinski definition) is 9. The molecule has 8 aromatic carbocycles. The third kappa shape index (κ3) is 13.4. The van der Waals surface area contributed by atoms with E-state index < -0.39 is 85.4 Å². The van der Waals surface area contributed by atoms with E-state index in [1.165, 1.54) is 30.6 Å². The van der Waals surface area contributed by atoms with Gasteiger partial charge in [-0.2, -0.15) is 5.26 Å². The van der Waals surface area contributed by atoms with E-state index in [1.807, 2.05) is 143 Å². The first-order valence-electron chi connectivity index (χ1n) is 45.4. The van der Waals surface area contributed by atoms with Crippen LogP contribution in [0, 0.1) is 58.7 Å². The van der Waals surface area contributed by atoms with Crippen LogP contribution in [-0.4, -0.2) is 90.3 Å². The predicted molar refractivity (Wildman–Crippen MR) is 530 cm³/mol. The van der Waals surface area contributed by atoms with Crippen molar-refractivity contribution in [2.45, 2.75) is 152 Å². The monoisotopic (exact) mass is 1920 g/mol. The molecule has 0 spiro atoms. The van der Waals surface area contributed by atoms with Crippen molar-refractivity contribution < 1.29 is 62.4 Å². The molecule has 0 bridgehead atoms. The Morgan fingerprint density at radius 2 is 1.04 bits per heavy atom. The Morgan fingerprint density at radius 3 is 1.63 bits per heavy atom. The minimum atomic E-state index is -2.22. The summed E-state index contributed by atoms with van der Waals surface area (Å²) >= 11 is 1.51. The second kappa shape index (κ2) is 34.7. The van der Waals surface area contributed by atoms with Crippen molar-refractivity contribution in [3.8, 4) is 63.3 Å². The Labute approximate surface area is 818 Å². The predicted octanol–water partition coefficient (Wildman–Crippen LogP) is 16.9. The van der Waals surface area contributed by atoms with Gasteiger partial charge in [0.1, 0.15) is 86.5 Å². The number of aromatic amines is 4. The lowest BCUT2D eigenvalue weighted by Crippen LogP contribution is -2.51. The van der Waals surface area contributed by atoms with Gasteiger partial charge in [-0.3, -0.25) is 33.9 Å². The Balaban J connectivity index is 0.000000120. The summed E-state index contributed by atoms with van der Waals surface area (Å²) in [5, 5.41) is 62.2. The third-order valence-electron chi connectivity index (χ3n) is 28.2. The van der Waals surface area contributed by atoms with E-state index in [0.717, 1.165) is 32.7 Å². The lowest BCUT2D eigenvalue weighted by Gasteiger charge is -2.39. The van der Waals surface area contributed by atoms with Crippen molar-refractivity contribution in [2.75, 3.05) is 20.0 Å². The maximum absolute atomic E-state index is 15.9. The molecule has 0 saturated heterocycles. The molecule has 0 fully saturated rings. The Kier molecular flexibility index (Phi) is 23.2. The number of aryl methyl sites for hydroxylation is 6. The molecule has 716 valence electrons. The molecule has 142 heavy (non-hydrogen) atoms. The number of nitrogens with zero attached hydrogens (tertiary/aromatic N) is 7. The van der Waals surface area contributed by atoms with Crippen LogP contribution in [0.25, 0.3) is 22.8 Å². The van der Waals surface area contributed by atoms with Gasteiger partial charge in [0.05, 0.1) is 94.9 Å². The first-order chi connectivity index (χ1) is 67.3. The van der Waals surface area contributed by atoms with Gasteiger partial charge >= 0.3 is 0 Å². The third-order valence-corrected chi connectivity index (χ3v) is 29.2. The van der Waals surface area contributed by atoms with Gasteiger partial charge in [-0.15, -0.1) is 17.9 Å². The zero-order valence-electron chi connectivity index (χ0n) is 77.3. The number of aromatic nitrogens is 10. The first kappa shape index (κ1) is 94.8. The summed E-state index contributed by atoms with van der Waals surface area (Å²) in [6, 6.07) is 66.4. The molecular formula is C112H99FN12O16S. The van der Waals surface area contributed by atoms with E-state index in [4.69, 9.17) is 53.5 Å². The van der Waals surface area contributed by atoms with Gasteiger partial charge in [0.15, 0.2) is 44.8 Å². The topological polar surface area (TPSA) is 425 Å². The van der Waals surface area contributed by atoms with E-state index in [9.17, 15) is 49.7 Å². The molecule has 0 unspecified atom stereocenters. The van der Waals surface area contributed by atoms with Crippen LogP contribution >= 0.6 is 11.3 Å². The zero-order valence-corrected chi connectivity index (χ0v) is 78.1. The maximum atomic E-state index is 15.9. The molecule has 10 N–H and O–H groups in total. The molecule has 12 heterocycles. The van der Waals surface area contributed by atoms with E-state index in [0.29, 0.717) is 132 Å². The van der Waals surface area contributed by atoms with E-state index >= 15 is 4.39 Å². The fourth-order valence-corrected chi connectivity index (χ4v) is 23.4. The van der Waals surface area contributed by atoms with Crippen molar-refractivity contribution in [3.05, 3.63) is 448 Å². The highest BCUT2D eigenvalue weighted by molar-refractivity contribution is 7.10. The molecule has 4 aliphatic carbocycles. The number of fused-ring (bicyclic) bond motifs is 20. The number of thiophene rings is 1. The summed E-state index contributed by atoms with van der Waals surface area (Å²) in [7, 11) is 3.16. The molecule has 28 nitrogen and oxygen atoms in total. The highest BCUT2D eigenvalue weighted by atomic mass is 32.1. The summed E-state index contributed by atoms with van der Waals surface area (Å²) in [6.07, 6.45) is 7.44. The number of ether oxygens (including phenoxy) is 6. The number of aliphatic hydroxyl groups is 4. The molecule has 4 aliphatic heterocycles. The summed E-state index contributed by atoms with van der Waals surface area (Å²) in [4.78, 5) is 108. The van der Waals surface area contributed by atoms with Gasteiger partial charge in [0.25, 0.3) is 22.2 Å². The molecule has 30 heteroatoms. The number of methoxy groups -OCH3 is 2. The molecule has 0 radical (unpaired) electrons. The smallest absolute Gasteiger partial charge is 0.255 e. The molecule has 12 atom stereocenters. The number of carbonyl (C=O) groups excluding carboxylic acids is 1. The van der Waals surface area contributed by atoms with Crippen LogP contribution in [0.1, 0.15) is 204 Å². The number of allylic oxidation sites excluding steroid dienone is 1. The van der Waals surface area contributed by atoms with Gasteiger partial charge in [-0.1, -0.05) is 148 Å². The number of nitrogens with two attached hydrogens (primary N) is 1. The van der Waals surface area contributed by atoms with E-state index in [2.05, 4.69) is 47.5 Å². The number of rotatable bonds is 14. The Hall–Kier alpha value is -16.2. The number of benzene rings is 8. The normalized spacial score (nSPS) is 23.5. The number of H-pyrrole nitrogens is 4. The number of Topliss-reactive ketones (excluding diaryl/α,β-unsaturated/α-hetero) is 1. The number of nitrogens with one attached hydrogen (secondary N) is 4. The van der Waals surface area contributed by atoms with Crippen LogP contribution in [-0.2, 0) is 56.0 Å². The van der Waals surface area contributed by atoms with Crippen LogP contribution in [0.5, 0.6) is 34.5 Å². The number of carbonyl (C=O) groups is 1. The minimum absolute atomic E-state index is 0. The van der Waals surface area contributed by atoms with Gasteiger partial charge in [0.2, 0.25) is 0 Å². The standard InChI is InChI=1S/C31H20FN3O4.C29H25N3O5.C25H21N3O4S.C25H25N3O3.2CH4/c1-17-14-21(32)25-23(15-17)39-31(20-11-9-18(16-33)10-12-20)26(22-8-5-13-38-22)24-27(30(25,31)37)34-28(35-29(24)36)19-6-3-2-4-7-19;1-15-6-5-7-18(12-15)26-31-25-22(27(34)32-26)23(17(3)33)29(19-8-10-20(36-4)11-9-19)28(25,35)24-21(37-29)13-16(2)14-30-24;1-13-11-17-21(26-12-13)24(30)22-19(23(29)28-14(2)27-22)20(18-5-4-10-33-18)25(24,32-17)15-6-8-16(31-3)9-7-15;1-4-6-20-27-22-21(23(29)28-20)17(5-2)25(15-8-10-16(26)11-9-15)24(22,30)18-13-14(3)7-12-19(18)31-25;;/h2-15,26,37H,1H3,(H,34,35,36);5-14,23,35H,1-4H3,(H,31,32,34);4-12,20,30H,1-3H3,(H,27,28,29);4,7-13,17,30H,1,5-6,26H2,2-3H3,(H,27,28,29);2*1H4/t26-,30+,31+;23-,28+,29+;20-,24+,25+;17-,24+,25+;;/m1111../s1. The van der Waals surface area contributed by atoms with Crippen molar-refractivity contribution in [1.29, 1.82) is 5.26 Å². The fraction of sp³-hybridized carbons (Fsp3) is 0.232. The second-order valence-electron chi connectivity index (χ2n) is 36.5. The van der Waals surface area contributed by atoms with Gasteiger partial charge in [0, 0.05) is 74.2 Å². The highest BCUT2D eigenvalue weighted by Crippen LogP contribution is 2.72. The van der Waals surface area contributed by atoms with Crippen LogP contribution in [0.4, 0.5) is 10.1 Å². The van der Waals surface area contributed by atoms with Crippen molar-refractivity contribution in [2.24, 2.45) is 0 Å². The van der Waals surface area contributed by atoms with Crippen LogP contribution in [0.3, 0.4) is 0 Å². The van der Waals surface area contributed by atoms with E-state index in [1.54, 1.807) is 156 Å². The number of halogens is 1. The minimum Gasteiger partial charge on any atom is -0.497 e. The van der Waals surface area contributed by atoms with Crippen molar-refractivity contribution in [1.82, 2.24) is 49.8 Å². The van der Waals surface area contributed by atoms with Gasteiger partial charge < -0.3 is 78.9 Å². The number of nitriles is 1. The highest BCUT2D eigenvalue weighted by Gasteiger charge is 2.79. The maximum Gasteiger partial charge on any atom is 0.255 e. The Morgan fingerprint density at radius 1 is 0.514 bits per heavy atom. The van der Waals surface area contributed by atoms with E-state index in [-0.39, 0.29) is 88.6 Å². The summed E-state index contributed by atoms with van der Waals surface area (Å²) in [6.45, 7) is 18.3. The summed E-state index contributed by atoms with van der Waals surface area (Å²) in [5.41, 5.74) is 2.59. The van der Waals surface area contributed by atoms with Gasteiger partial charge in [-0.25, -0.2) is 24.3 Å². The molecule has 0 amide bonds. The SMILES string of the molecule is C.C.C=CCc1nc2c(c(=O)[nH]1)[C@@H](CC)[C@]1(c3ccc(N)cc3)Oc3ccc(C)cc3[C@]21O.COc1ccc([C@@]23Oc4cc(C)cnc4[C@]2(O)c2nc(-c4cccc(C)c4)[nH]c(=O)c2[C@H]3C(C)=O)cc1.COc1ccc([C@@]23Oc4cc(C)cnc4[C@]2(O)c2nc(C)[nH]c(=O)c2[C@H]3c2cccs2)cc1.Cc1cc(F)c2c(c1)O[C@@]1(c3ccc(C#N)cc3)[C@H](c3ccco3)c3c(nc(-c4ccccc4)[nH]c3=O)[C@@]21O. The molecular weight excluding hydrogens is 1820 g/mol. The largest absolute Gasteiger partial charge is 0.497 e. The molecule has 8 aliphatic rings. The number of pyridine rings is 2. The number of hydrogen-bond acceptors (Lipinski definition) is 25. The second-order valence-corrected chi connectivity index (χ2v) is 37.5. The summed E-state index contributed by atoms with van der Waals surface area (Å²) in [5.74, 6) is 0.407.